The first-order valence-electron chi connectivity index (χ1n) is 12.5. The Labute approximate surface area is 212 Å². The maximum atomic E-state index is 15.0. The summed E-state index contributed by atoms with van der Waals surface area (Å²) in [6, 6.07) is 3.65. The Morgan fingerprint density at radius 2 is 1.97 bits per heavy atom. The summed E-state index contributed by atoms with van der Waals surface area (Å²) < 4.78 is 15.0. The lowest BCUT2D eigenvalue weighted by Crippen LogP contribution is -2.39. The highest BCUT2D eigenvalue weighted by atomic mass is 19.1. The Morgan fingerprint density at radius 3 is 2.69 bits per heavy atom. The number of aromatic nitrogens is 3. The van der Waals surface area contributed by atoms with Crippen LogP contribution in [0, 0.1) is 6.92 Å². The number of nitrogens with one attached hydrogen (secondary N) is 1. The van der Waals surface area contributed by atoms with E-state index in [0.717, 1.165) is 52.1 Å². The van der Waals surface area contributed by atoms with Crippen LogP contribution in [0.2, 0.25) is 0 Å². The molecule has 0 amide bonds. The van der Waals surface area contributed by atoms with Gasteiger partial charge in [0.25, 0.3) is 5.56 Å². The molecule has 1 atom stereocenters. The van der Waals surface area contributed by atoms with Gasteiger partial charge < -0.3 is 4.98 Å². The summed E-state index contributed by atoms with van der Waals surface area (Å²) in [5.41, 5.74) is 8.47. The maximum absolute atomic E-state index is 15.0. The van der Waals surface area contributed by atoms with Crippen LogP contribution < -0.4 is 5.56 Å². The normalized spacial score (nSPS) is 18.4. The fraction of sp³-hybridized carbons (Fsp3) is 0.367. The number of halogens is 1. The van der Waals surface area contributed by atoms with Crippen LogP contribution in [-0.4, -0.2) is 32.4 Å². The lowest BCUT2D eigenvalue weighted by Gasteiger charge is -2.35. The molecule has 188 valence electrons. The first-order valence-corrected chi connectivity index (χ1v) is 12.5. The molecule has 1 unspecified atom stereocenters. The molecule has 3 heterocycles. The third-order valence-electron chi connectivity index (χ3n) is 7.27. The average Bonchev–Trinajstić information content (AvgIpc) is 2.98. The van der Waals surface area contributed by atoms with Crippen molar-refractivity contribution in [3.8, 4) is 0 Å². The summed E-state index contributed by atoms with van der Waals surface area (Å²) in [6.45, 7) is 13.6. The van der Waals surface area contributed by atoms with Crippen LogP contribution in [0.15, 0.2) is 70.0 Å². The van der Waals surface area contributed by atoms with Crippen LogP contribution in [0.3, 0.4) is 0 Å². The van der Waals surface area contributed by atoms with Gasteiger partial charge in [0.05, 0.1) is 0 Å². The first-order chi connectivity index (χ1) is 17.2. The van der Waals surface area contributed by atoms with Gasteiger partial charge in [-0.2, -0.15) is 0 Å². The molecule has 0 saturated carbocycles. The molecule has 1 aliphatic carbocycles. The number of aromatic amines is 1. The van der Waals surface area contributed by atoms with Crippen LogP contribution >= 0.6 is 0 Å². The molecule has 2 aromatic rings. The largest absolute Gasteiger partial charge is 0.307 e. The molecule has 0 saturated heterocycles. The Morgan fingerprint density at radius 1 is 1.19 bits per heavy atom. The van der Waals surface area contributed by atoms with E-state index in [1.165, 1.54) is 6.07 Å². The number of H-pyrrole nitrogens is 1. The van der Waals surface area contributed by atoms with Crippen molar-refractivity contribution in [1.29, 1.82) is 0 Å². The molecule has 0 fully saturated rings. The minimum atomic E-state index is -0.146. The lowest BCUT2D eigenvalue weighted by molar-refractivity contribution is 0.230. The highest BCUT2D eigenvalue weighted by Crippen LogP contribution is 2.32. The zero-order valence-electron chi connectivity index (χ0n) is 22.1. The number of pyridine rings is 1. The molecule has 36 heavy (non-hydrogen) atoms. The van der Waals surface area contributed by atoms with Crippen LogP contribution in [0.4, 0.5) is 4.39 Å². The van der Waals surface area contributed by atoms with Gasteiger partial charge >= 0.3 is 0 Å². The second-order valence-corrected chi connectivity index (χ2v) is 9.80. The zero-order valence-corrected chi connectivity index (χ0v) is 22.1. The Kier molecular flexibility index (Phi) is 7.65. The Balaban J connectivity index is 1.68. The summed E-state index contributed by atoms with van der Waals surface area (Å²) in [6.07, 6.45) is 11.1. The smallest absolute Gasteiger partial charge is 0.251 e. The molecule has 1 N–H and O–H groups in total. The van der Waals surface area contributed by atoms with Crippen molar-refractivity contribution in [2.75, 3.05) is 6.54 Å². The minimum Gasteiger partial charge on any atom is -0.307 e. The molecule has 1 aliphatic heterocycles. The van der Waals surface area contributed by atoms with Crippen molar-refractivity contribution in [2.45, 2.75) is 67.0 Å². The van der Waals surface area contributed by atoms with Crippen LogP contribution in [0.5, 0.6) is 0 Å². The molecule has 6 heteroatoms. The van der Waals surface area contributed by atoms with E-state index in [9.17, 15) is 9.18 Å². The maximum Gasteiger partial charge on any atom is 0.251 e. The second kappa shape index (κ2) is 10.7. The summed E-state index contributed by atoms with van der Waals surface area (Å²) in [4.78, 5) is 26.6. The fourth-order valence-electron chi connectivity index (χ4n) is 4.88. The van der Waals surface area contributed by atoms with Crippen molar-refractivity contribution in [2.24, 2.45) is 0 Å². The number of hydrogen-bond donors (Lipinski definition) is 1. The van der Waals surface area contributed by atoms with E-state index in [4.69, 9.17) is 4.98 Å². The van der Waals surface area contributed by atoms with Gasteiger partial charge in [-0.15, -0.1) is 0 Å². The molecule has 2 aromatic heterocycles. The number of allylic oxidation sites excluding steroid dienone is 8. The van der Waals surface area contributed by atoms with E-state index in [0.29, 0.717) is 30.1 Å². The van der Waals surface area contributed by atoms with Crippen molar-refractivity contribution < 1.29 is 4.39 Å². The summed E-state index contributed by atoms with van der Waals surface area (Å²) in [5, 5.41) is 0. The SMILES string of the molecule is C/C=C\C(/C(C)=C(/C)c1nc(C)cc(=O)[nH]1)N1CCc2ncc(C3=C(F)CC=C(C)C(C)=C3)cc2C1. The lowest BCUT2D eigenvalue weighted by atomic mass is 9.95. The van der Waals surface area contributed by atoms with E-state index in [2.05, 4.69) is 40.0 Å². The van der Waals surface area contributed by atoms with Crippen LogP contribution in [0.1, 0.15) is 69.4 Å². The van der Waals surface area contributed by atoms with Crippen molar-refractivity contribution in [3.05, 3.63) is 104 Å². The minimum absolute atomic E-state index is 0.0421. The molecule has 0 bridgehead atoms. The summed E-state index contributed by atoms with van der Waals surface area (Å²) in [7, 11) is 0. The number of fused-ring (bicyclic) bond motifs is 1. The van der Waals surface area contributed by atoms with Crippen molar-refractivity contribution in [1.82, 2.24) is 19.9 Å². The highest BCUT2D eigenvalue weighted by molar-refractivity contribution is 5.78. The first kappa shape index (κ1) is 25.7. The quantitative estimate of drug-likeness (QED) is 0.508. The van der Waals surface area contributed by atoms with Gasteiger partial charge in [-0.1, -0.05) is 23.8 Å². The molecule has 0 spiro atoms. The van der Waals surface area contributed by atoms with Crippen LogP contribution in [-0.2, 0) is 13.0 Å². The number of aryl methyl sites for hydroxylation is 1. The molecule has 4 rings (SSSR count). The standard InChI is InChI=1S/C30H35FN4O/c1-7-8-28(21(5)22(6)30-33-20(4)14-29(36)34-30)35-12-11-27-24(17-35)15-23(16-32-27)25-13-19(3)18(2)9-10-26(25)31/h7-9,13-16,28H,10-12,17H2,1-6H3,(H,33,34,36)/b8-7-,22-21-. The average molecular weight is 487 g/mol. The Bertz CT molecular complexity index is 1390. The van der Waals surface area contributed by atoms with Gasteiger partial charge in [0.1, 0.15) is 11.7 Å². The Hall–Kier alpha value is -3.38. The molecule has 5 nitrogen and oxygen atoms in total. The summed E-state index contributed by atoms with van der Waals surface area (Å²) in [5.74, 6) is 0.483. The summed E-state index contributed by atoms with van der Waals surface area (Å²) >= 11 is 0. The van der Waals surface area contributed by atoms with E-state index >= 15 is 0 Å². The third-order valence-corrected chi connectivity index (χ3v) is 7.27. The molecular formula is C30H35FN4O. The van der Waals surface area contributed by atoms with Gasteiger partial charge in [0, 0.05) is 66.8 Å². The highest BCUT2D eigenvalue weighted by Gasteiger charge is 2.26. The van der Waals surface area contributed by atoms with Gasteiger partial charge in [-0.25, -0.2) is 9.37 Å². The van der Waals surface area contributed by atoms with E-state index in [1.807, 2.05) is 53.0 Å². The monoisotopic (exact) mass is 486 g/mol. The fourth-order valence-corrected chi connectivity index (χ4v) is 4.88. The third kappa shape index (κ3) is 5.39. The molecule has 0 aromatic carbocycles. The van der Waals surface area contributed by atoms with E-state index in [1.54, 1.807) is 0 Å². The van der Waals surface area contributed by atoms with Gasteiger partial charge in [0.15, 0.2) is 0 Å². The second-order valence-electron chi connectivity index (χ2n) is 9.80. The van der Waals surface area contributed by atoms with Crippen LogP contribution in [0.25, 0.3) is 11.1 Å². The van der Waals surface area contributed by atoms with E-state index < -0.39 is 0 Å². The molecule has 0 radical (unpaired) electrons. The van der Waals surface area contributed by atoms with E-state index in [-0.39, 0.29) is 17.4 Å². The predicted octanol–water partition coefficient (Wildman–Crippen LogP) is 6.25. The van der Waals surface area contributed by atoms with Gasteiger partial charge in [-0.05, 0) is 76.0 Å². The topological polar surface area (TPSA) is 61.9 Å². The van der Waals surface area contributed by atoms with Crippen molar-refractivity contribution >= 4 is 11.1 Å². The molecule has 2 aliphatic rings. The number of rotatable bonds is 5. The number of nitrogens with zero attached hydrogens (tertiary/aromatic N) is 3. The van der Waals surface area contributed by atoms with Gasteiger partial charge in [0.2, 0.25) is 0 Å². The number of hydrogen-bond acceptors (Lipinski definition) is 4. The predicted molar refractivity (Wildman–Crippen MR) is 145 cm³/mol. The zero-order chi connectivity index (χ0) is 26.0. The molecular weight excluding hydrogens is 451 g/mol. The van der Waals surface area contributed by atoms with Gasteiger partial charge in [-0.3, -0.25) is 14.7 Å². The van der Waals surface area contributed by atoms with Crippen molar-refractivity contribution in [3.63, 3.8) is 0 Å².